The topological polar surface area (TPSA) is 60.2 Å². The van der Waals surface area contributed by atoms with Crippen LogP contribution in [0.4, 0.5) is 0 Å². The van der Waals surface area contributed by atoms with E-state index in [1.165, 1.54) is 37.7 Å². The summed E-state index contributed by atoms with van der Waals surface area (Å²) in [5, 5.41) is 0. The van der Waals surface area contributed by atoms with Crippen LogP contribution in [0.15, 0.2) is 24.5 Å². The predicted molar refractivity (Wildman–Crippen MR) is 76.4 cm³/mol. The zero-order chi connectivity index (χ0) is 13.5. The van der Waals surface area contributed by atoms with Crippen molar-refractivity contribution in [2.75, 3.05) is 7.11 Å². The van der Waals surface area contributed by atoms with Crippen molar-refractivity contribution in [3.63, 3.8) is 0 Å². The van der Waals surface area contributed by atoms with Gasteiger partial charge >= 0.3 is 0 Å². The van der Waals surface area contributed by atoms with Crippen molar-refractivity contribution >= 4 is 0 Å². The smallest absolute Gasteiger partial charge is 0.0769 e. The molecule has 0 bridgehead atoms. The van der Waals surface area contributed by atoms with E-state index < -0.39 is 0 Å². The van der Waals surface area contributed by atoms with Gasteiger partial charge in [0.05, 0.1) is 12.1 Å². The first-order valence-corrected chi connectivity index (χ1v) is 7.23. The molecule has 1 saturated carbocycles. The number of hydrogen-bond acceptors (Lipinski definition) is 4. The van der Waals surface area contributed by atoms with Gasteiger partial charge in [0.25, 0.3) is 0 Å². The van der Waals surface area contributed by atoms with Crippen molar-refractivity contribution in [3.8, 4) is 0 Å². The number of pyridine rings is 1. The number of nitrogens with zero attached hydrogens (tertiary/aromatic N) is 1. The van der Waals surface area contributed by atoms with E-state index in [1.54, 1.807) is 13.3 Å². The Morgan fingerprint density at radius 3 is 2.79 bits per heavy atom. The SMILES string of the molecule is COC(C1CCCCC1)C(Cc1cccnc1)NN. The van der Waals surface area contributed by atoms with Crippen LogP contribution in [0.25, 0.3) is 0 Å². The lowest BCUT2D eigenvalue weighted by molar-refractivity contribution is 0.00825. The highest BCUT2D eigenvalue weighted by molar-refractivity contribution is 5.11. The fraction of sp³-hybridized carbons (Fsp3) is 0.667. The summed E-state index contributed by atoms with van der Waals surface area (Å²) in [6.07, 6.45) is 11.2. The number of ether oxygens (including phenoxy) is 1. The minimum atomic E-state index is 0.150. The first kappa shape index (κ1) is 14.4. The molecule has 1 aromatic rings. The lowest BCUT2D eigenvalue weighted by Gasteiger charge is -2.34. The maximum atomic E-state index is 5.75. The van der Waals surface area contributed by atoms with Gasteiger partial charge in [0.2, 0.25) is 0 Å². The van der Waals surface area contributed by atoms with Crippen LogP contribution in [-0.4, -0.2) is 24.2 Å². The standard InChI is InChI=1S/C15H25N3O/c1-19-15(13-7-3-2-4-8-13)14(18-16)10-12-6-5-9-17-11-12/h5-6,9,11,13-15,18H,2-4,7-8,10,16H2,1H3. The molecule has 2 unspecified atom stereocenters. The second kappa shape index (κ2) is 7.58. The molecule has 1 fully saturated rings. The van der Waals surface area contributed by atoms with Crippen molar-refractivity contribution in [1.29, 1.82) is 0 Å². The van der Waals surface area contributed by atoms with E-state index in [4.69, 9.17) is 10.6 Å². The lowest BCUT2D eigenvalue weighted by Crippen LogP contribution is -2.49. The summed E-state index contributed by atoms with van der Waals surface area (Å²) in [6.45, 7) is 0. The van der Waals surface area contributed by atoms with Gasteiger partial charge in [-0.2, -0.15) is 0 Å². The molecule has 1 aliphatic rings. The van der Waals surface area contributed by atoms with Crippen LogP contribution in [0.2, 0.25) is 0 Å². The third-order valence-electron chi connectivity index (χ3n) is 4.18. The molecule has 19 heavy (non-hydrogen) atoms. The average molecular weight is 263 g/mol. The quantitative estimate of drug-likeness (QED) is 0.609. The Kier molecular flexibility index (Phi) is 5.76. The van der Waals surface area contributed by atoms with Gasteiger partial charge in [0.1, 0.15) is 0 Å². The van der Waals surface area contributed by atoms with E-state index in [2.05, 4.69) is 16.5 Å². The fourth-order valence-corrected chi connectivity index (χ4v) is 3.19. The average Bonchev–Trinajstić information content (AvgIpc) is 2.49. The minimum Gasteiger partial charge on any atom is -0.379 e. The number of hydrogen-bond donors (Lipinski definition) is 2. The monoisotopic (exact) mass is 263 g/mol. The van der Waals surface area contributed by atoms with Gasteiger partial charge in [-0.05, 0) is 36.8 Å². The molecule has 1 aliphatic carbocycles. The first-order chi connectivity index (χ1) is 9.35. The largest absolute Gasteiger partial charge is 0.379 e. The molecule has 106 valence electrons. The molecule has 0 spiro atoms. The Bertz CT molecular complexity index is 352. The molecule has 2 atom stereocenters. The van der Waals surface area contributed by atoms with E-state index in [0.29, 0.717) is 5.92 Å². The van der Waals surface area contributed by atoms with Crippen LogP contribution in [0.3, 0.4) is 0 Å². The summed E-state index contributed by atoms with van der Waals surface area (Å²) < 4.78 is 5.75. The van der Waals surface area contributed by atoms with Crippen molar-refractivity contribution in [2.24, 2.45) is 11.8 Å². The van der Waals surface area contributed by atoms with E-state index in [1.807, 2.05) is 12.3 Å². The maximum absolute atomic E-state index is 5.75. The van der Waals surface area contributed by atoms with Crippen molar-refractivity contribution in [3.05, 3.63) is 30.1 Å². The molecule has 1 aromatic heterocycles. The van der Waals surface area contributed by atoms with E-state index in [-0.39, 0.29) is 12.1 Å². The number of methoxy groups -OCH3 is 1. The Labute approximate surface area is 115 Å². The molecule has 0 aromatic carbocycles. The van der Waals surface area contributed by atoms with Crippen LogP contribution in [-0.2, 0) is 11.2 Å². The molecule has 0 radical (unpaired) electrons. The van der Waals surface area contributed by atoms with Gasteiger partial charge in [0, 0.05) is 19.5 Å². The summed E-state index contributed by atoms with van der Waals surface area (Å²) in [5.41, 5.74) is 4.14. The van der Waals surface area contributed by atoms with Crippen molar-refractivity contribution in [2.45, 2.75) is 50.7 Å². The Balaban J connectivity index is 2.01. The Morgan fingerprint density at radius 1 is 1.42 bits per heavy atom. The zero-order valence-corrected chi connectivity index (χ0v) is 11.7. The number of nitrogens with one attached hydrogen (secondary N) is 1. The van der Waals surface area contributed by atoms with Crippen LogP contribution < -0.4 is 11.3 Å². The first-order valence-electron chi connectivity index (χ1n) is 7.23. The van der Waals surface area contributed by atoms with E-state index in [0.717, 1.165) is 6.42 Å². The summed E-state index contributed by atoms with van der Waals surface area (Å²) >= 11 is 0. The summed E-state index contributed by atoms with van der Waals surface area (Å²) in [5.74, 6) is 6.38. The van der Waals surface area contributed by atoms with Gasteiger partial charge in [-0.1, -0.05) is 25.3 Å². The second-order valence-electron chi connectivity index (χ2n) is 5.44. The molecule has 3 N–H and O–H groups in total. The third kappa shape index (κ3) is 4.00. The highest BCUT2D eigenvalue weighted by Crippen LogP contribution is 2.29. The molecule has 4 nitrogen and oxygen atoms in total. The second-order valence-corrected chi connectivity index (χ2v) is 5.44. The normalized spacial score (nSPS) is 20.1. The minimum absolute atomic E-state index is 0.150. The molecule has 4 heteroatoms. The van der Waals surface area contributed by atoms with Gasteiger partial charge < -0.3 is 4.74 Å². The Morgan fingerprint density at radius 2 is 2.21 bits per heavy atom. The Hall–Kier alpha value is -0.970. The van der Waals surface area contributed by atoms with Crippen LogP contribution in [0, 0.1) is 5.92 Å². The van der Waals surface area contributed by atoms with Crippen molar-refractivity contribution < 1.29 is 4.74 Å². The van der Waals surface area contributed by atoms with Gasteiger partial charge in [-0.25, -0.2) is 0 Å². The number of rotatable bonds is 6. The highest BCUT2D eigenvalue weighted by Gasteiger charge is 2.30. The van der Waals surface area contributed by atoms with Crippen LogP contribution >= 0.6 is 0 Å². The fourth-order valence-electron chi connectivity index (χ4n) is 3.19. The summed E-state index contributed by atoms with van der Waals surface area (Å²) in [7, 11) is 1.80. The van der Waals surface area contributed by atoms with Gasteiger partial charge in [-0.3, -0.25) is 16.3 Å². The number of hydrazine groups is 1. The molecule has 0 amide bonds. The third-order valence-corrected chi connectivity index (χ3v) is 4.18. The number of aromatic nitrogens is 1. The van der Waals surface area contributed by atoms with E-state index >= 15 is 0 Å². The number of nitrogens with two attached hydrogens (primary N) is 1. The van der Waals surface area contributed by atoms with Crippen LogP contribution in [0.1, 0.15) is 37.7 Å². The molecule has 0 aliphatic heterocycles. The predicted octanol–water partition coefficient (Wildman–Crippen LogP) is 2.05. The molecule has 2 rings (SSSR count). The van der Waals surface area contributed by atoms with Gasteiger partial charge in [0.15, 0.2) is 0 Å². The maximum Gasteiger partial charge on any atom is 0.0769 e. The molecule has 0 saturated heterocycles. The van der Waals surface area contributed by atoms with Gasteiger partial charge in [-0.15, -0.1) is 0 Å². The zero-order valence-electron chi connectivity index (χ0n) is 11.7. The van der Waals surface area contributed by atoms with E-state index in [9.17, 15) is 0 Å². The highest BCUT2D eigenvalue weighted by atomic mass is 16.5. The molecule has 1 heterocycles. The van der Waals surface area contributed by atoms with Crippen molar-refractivity contribution in [1.82, 2.24) is 10.4 Å². The summed E-state index contributed by atoms with van der Waals surface area (Å²) in [6, 6.07) is 4.20. The molecular weight excluding hydrogens is 238 g/mol. The lowest BCUT2D eigenvalue weighted by atomic mass is 9.81. The van der Waals surface area contributed by atoms with Crippen LogP contribution in [0.5, 0.6) is 0 Å². The molecular formula is C15H25N3O. The summed E-state index contributed by atoms with van der Waals surface area (Å²) in [4.78, 5) is 4.16.